The summed E-state index contributed by atoms with van der Waals surface area (Å²) >= 11 is 1.82. The minimum absolute atomic E-state index is 0.0143. The van der Waals surface area contributed by atoms with Crippen LogP contribution in [0.2, 0.25) is 0 Å². The van der Waals surface area contributed by atoms with Crippen molar-refractivity contribution in [1.82, 2.24) is 9.88 Å². The second-order valence-electron chi connectivity index (χ2n) is 6.17. The lowest BCUT2D eigenvalue weighted by molar-refractivity contribution is 0.00499. The molecular weight excluding hydrogens is 284 g/mol. The number of aliphatic hydroxyl groups is 1. The zero-order valence-electron chi connectivity index (χ0n) is 13.5. The predicted octanol–water partition coefficient (Wildman–Crippen LogP) is 2.62. The number of aryl methyl sites for hydroxylation is 2. The minimum atomic E-state index is 0.0143. The molecule has 1 unspecified atom stereocenters. The van der Waals surface area contributed by atoms with Gasteiger partial charge in [-0.05, 0) is 39.2 Å². The summed E-state index contributed by atoms with van der Waals surface area (Å²) in [6.45, 7) is 8.31. The van der Waals surface area contributed by atoms with Crippen molar-refractivity contribution < 1.29 is 9.84 Å². The molecule has 0 spiro atoms. The van der Waals surface area contributed by atoms with Gasteiger partial charge in [0, 0.05) is 37.1 Å². The number of piperidine rings is 1. The first-order valence-corrected chi connectivity index (χ1v) is 8.71. The van der Waals surface area contributed by atoms with Crippen LogP contribution in [0.3, 0.4) is 0 Å². The minimum Gasteiger partial charge on any atom is -0.396 e. The van der Waals surface area contributed by atoms with Gasteiger partial charge >= 0.3 is 0 Å². The first-order chi connectivity index (χ1) is 10.1. The second-order valence-corrected chi connectivity index (χ2v) is 7.46. The number of aromatic nitrogens is 1. The molecule has 1 N–H and O–H groups in total. The standard InChI is InChI=1S/C16H28N2O2S/c1-4-14-15(21-13(2)17-14)10-18-8-5-6-16(11-18,12-19)7-9-20-3/h19H,4-12H2,1-3H3. The Kier molecular flexibility index (Phi) is 6.17. The van der Waals surface area contributed by atoms with Crippen molar-refractivity contribution in [2.24, 2.45) is 5.41 Å². The van der Waals surface area contributed by atoms with Crippen LogP contribution in [-0.4, -0.2) is 48.4 Å². The van der Waals surface area contributed by atoms with E-state index in [4.69, 9.17) is 4.74 Å². The Balaban J connectivity index is 2.03. The number of aliphatic hydroxyl groups excluding tert-OH is 1. The number of thiazole rings is 1. The van der Waals surface area contributed by atoms with Gasteiger partial charge in [-0.2, -0.15) is 0 Å². The zero-order chi connectivity index (χ0) is 15.3. The maximum atomic E-state index is 9.86. The number of ether oxygens (including phenoxy) is 1. The van der Waals surface area contributed by atoms with E-state index in [0.717, 1.165) is 56.9 Å². The smallest absolute Gasteiger partial charge is 0.0900 e. The fraction of sp³-hybridized carbons (Fsp3) is 0.812. The van der Waals surface area contributed by atoms with Crippen LogP contribution in [0.4, 0.5) is 0 Å². The van der Waals surface area contributed by atoms with Crippen LogP contribution in [0.1, 0.15) is 41.8 Å². The summed E-state index contributed by atoms with van der Waals surface area (Å²) in [5, 5.41) is 11.0. The average Bonchev–Trinajstić information content (AvgIpc) is 2.85. The van der Waals surface area contributed by atoms with Crippen molar-refractivity contribution in [3.05, 3.63) is 15.6 Å². The first-order valence-electron chi connectivity index (χ1n) is 7.90. The molecule has 5 heteroatoms. The van der Waals surface area contributed by atoms with Crippen LogP contribution in [0.5, 0.6) is 0 Å². The Labute approximate surface area is 132 Å². The van der Waals surface area contributed by atoms with Crippen molar-refractivity contribution in [2.75, 3.05) is 33.4 Å². The maximum absolute atomic E-state index is 9.86. The van der Waals surface area contributed by atoms with Gasteiger partial charge in [0.2, 0.25) is 0 Å². The Morgan fingerprint density at radius 3 is 2.95 bits per heavy atom. The lowest BCUT2D eigenvalue weighted by Gasteiger charge is -2.41. The molecule has 1 aromatic rings. The van der Waals surface area contributed by atoms with Gasteiger partial charge < -0.3 is 9.84 Å². The molecule has 0 aliphatic carbocycles. The molecule has 21 heavy (non-hydrogen) atoms. The van der Waals surface area contributed by atoms with Crippen LogP contribution in [-0.2, 0) is 17.7 Å². The van der Waals surface area contributed by atoms with Crippen LogP contribution < -0.4 is 0 Å². The normalized spacial score (nSPS) is 23.6. The predicted molar refractivity (Wildman–Crippen MR) is 86.8 cm³/mol. The molecule has 0 radical (unpaired) electrons. The van der Waals surface area contributed by atoms with E-state index in [0.29, 0.717) is 0 Å². The lowest BCUT2D eigenvalue weighted by Crippen LogP contribution is -2.45. The molecule has 120 valence electrons. The Bertz CT molecular complexity index is 449. The third-order valence-corrected chi connectivity index (χ3v) is 5.50. The molecule has 0 aromatic carbocycles. The fourth-order valence-electron chi connectivity index (χ4n) is 3.29. The monoisotopic (exact) mass is 312 g/mol. The number of methoxy groups -OCH3 is 1. The number of hydrogen-bond acceptors (Lipinski definition) is 5. The molecule has 2 heterocycles. The van der Waals surface area contributed by atoms with Crippen LogP contribution >= 0.6 is 11.3 Å². The number of rotatable bonds is 7. The maximum Gasteiger partial charge on any atom is 0.0900 e. The molecule has 1 aromatic heterocycles. The second kappa shape index (κ2) is 7.68. The van der Waals surface area contributed by atoms with E-state index in [1.807, 2.05) is 11.3 Å². The van der Waals surface area contributed by atoms with Gasteiger partial charge in [0.15, 0.2) is 0 Å². The Hall–Kier alpha value is -0.490. The van der Waals surface area contributed by atoms with Gasteiger partial charge in [0.1, 0.15) is 0 Å². The third kappa shape index (κ3) is 4.25. The summed E-state index contributed by atoms with van der Waals surface area (Å²) in [6.07, 6.45) is 4.20. The number of likely N-dealkylation sites (tertiary alicyclic amines) is 1. The van der Waals surface area contributed by atoms with Gasteiger partial charge in [-0.1, -0.05) is 6.92 Å². The first kappa shape index (κ1) is 16.9. The summed E-state index contributed by atoms with van der Waals surface area (Å²) in [5.74, 6) is 0. The lowest BCUT2D eigenvalue weighted by atomic mass is 9.78. The van der Waals surface area contributed by atoms with Gasteiger partial charge in [0.05, 0.1) is 17.3 Å². The molecule has 1 aliphatic heterocycles. The topological polar surface area (TPSA) is 45.6 Å². The van der Waals surface area contributed by atoms with E-state index in [1.165, 1.54) is 10.6 Å². The molecule has 1 fully saturated rings. The summed E-state index contributed by atoms with van der Waals surface area (Å²) < 4.78 is 5.23. The molecule has 0 bridgehead atoms. The van der Waals surface area contributed by atoms with E-state index in [2.05, 4.69) is 23.7 Å². The van der Waals surface area contributed by atoms with Gasteiger partial charge in [-0.25, -0.2) is 4.98 Å². The molecule has 1 saturated heterocycles. The summed E-state index contributed by atoms with van der Waals surface area (Å²) in [6, 6.07) is 0. The SMILES string of the molecule is CCc1nc(C)sc1CN1CCCC(CO)(CCOC)C1. The van der Waals surface area contributed by atoms with E-state index < -0.39 is 0 Å². The summed E-state index contributed by atoms with van der Waals surface area (Å²) in [5.41, 5.74) is 1.26. The quantitative estimate of drug-likeness (QED) is 0.841. The van der Waals surface area contributed by atoms with E-state index in [9.17, 15) is 5.11 Å². The van der Waals surface area contributed by atoms with Crippen LogP contribution in [0.15, 0.2) is 0 Å². The van der Waals surface area contributed by atoms with Gasteiger partial charge in [-0.15, -0.1) is 11.3 Å². The van der Waals surface area contributed by atoms with Crippen molar-refractivity contribution in [3.8, 4) is 0 Å². The molecule has 1 atom stereocenters. The molecule has 0 saturated carbocycles. The van der Waals surface area contributed by atoms with Crippen molar-refractivity contribution in [2.45, 2.75) is 46.1 Å². The molecule has 2 rings (SSSR count). The average molecular weight is 312 g/mol. The van der Waals surface area contributed by atoms with Crippen molar-refractivity contribution in [1.29, 1.82) is 0 Å². The van der Waals surface area contributed by atoms with Crippen LogP contribution in [0, 0.1) is 12.3 Å². The zero-order valence-corrected chi connectivity index (χ0v) is 14.3. The van der Waals surface area contributed by atoms with Gasteiger partial charge in [0.25, 0.3) is 0 Å². The van der Waals surface area contributed by atoms with Crippen LogP contribution in [0.25, 0.3) is 0 Å². The Morgan fingerprint density at radius 1 is 1.48 bits per heavy atom. The summed E-state index contributed by atoms with van der Waals surface area (Å²) in [7, 11) is 1.74. The molecule has 4 nitrogen and oxygen atoms in total. The highest BCUT2D eigenvalue weighted by molar-refractivity contribution is 7.11. The largest absolute Gasteiger partial charge is 0.396 e. The number of hydrogen-bond donors (Lipinski definition) is 1. The highest BCUT2D eigenvalue weighted by atomic mass is 32.1. The van der Waals surface area contributed by atoms with Gasteiger partial charge in [-0.3, -0.25) is 4.90 Å². The number of nitrogens with zero attached hydrogens (tertiary/aromatic N) is 2. The fourth-order valence-corrected chi connectivity index (χ4v) is 4.36. The van der Waals surface area contributed by atoms with Crippen molar-refractivity contribution in [3.63, 3.8) is 0 Å². The van der Waals surface area contributed by atoms with E-state index in [-0.39, 0.29) is 12.0 Å². The van der Waals surface area contributed by atoms with E-state index >= 15 is 0 Å². The highest BCUT2D eigenvalue weighted by Crippen LogP contribution is 2.34. The molecule has 0 amide bonds. The molecule has 1 aliphatic rings. The summed E-state index contributed by atoms with van der Waals surface area (Å²) in [4.78, 5) is 8.51. The molecular formula is C16H28N2O2S. The highest BCUT2D eigenvalue weighted by Gasteiger charge is 2.34. The third-order valence-electron chi connectivity index (χ3n) is 4.50. The van der Waals surface area contributed by atoms with E-state index in [1.54, 1.807) is 7.11 Å². The van der Waals surface area contributed by atoms with Crippen molar-refractivity contribution >= 4 is 11.3 Å². The Morgan fingerprint density at radius 2 is 2.29 bits per heavy atom.